The summed E-state index contributed by atoms with van der Waals surface area (Å²) in [4.78, 5) is 12.1. The molecule has 0 saturated heterocycles. The molecule has 2 aromatic carbocycles. The third-order valence-electron chi connectivity index (χ3n) is 2.94. The molecule has 0 atom stereocenters. The Morgan fingerprint density at radius 1 is 1.15 bits per heavy atom. The van der Waals surface area contributed by atoms with Gasteiger partial charge in [-0.15, -0.1) is 0 Å². The molecule has 2 N–H and O–H groups in total. The Labute approximate surface area is 121 Å². The minimum absolute atomic E-state index is 0.0255. The number of carbonyl (C=O) groups is 1. The number of halogens is 2. The van der Waals surface area contributed by atoms with Gasteiger partial charge >= 0.3 is 0 Å². The fourth-order valence-corrected chi connectivity index (χ4v) is 1.96. The monoisotopic (exact) mass is 292 g/mol. The highest BCUT2D eigenvalue weighted by Crippen LogP contribution is 2.20. The van der Waals surface area contributed by atoms with E-state index in [1.165, 1.54) is 12.1 Å². The third kappa shape index (κ3) is 3.08. The number of nitrogens with one attached hydrogen (secondary N) is 2. The van der Waals surface area contributed by atoms with Gasteiger partial charge in [-0.05, 0) is 48.9 Å². The van der Waals surface area contributed by atoms with Crippen LogP contribution >= 0.6 is 11.6 Å². The Balaban J connectivity index is 2.21. The lowest BCUT2D eigenvalue weighted by atomic mass is 10.1. The van der Waals surface area contributed by atoms with Crippen LogP contribution in [-0.2, 0) is 0 Å². The van der Waals surface area contributed by atoms with Gasteiger partial charge < -0.3 is 10.6 Å². The van der Waals surface area contributed by atoms with Crippen molar-refractivity contribution in [2.75, 3.05) is 17.7 Å². The molecule has 2 rings (SSSR count). The number of benzene rings is 2. The first kappa shape index (κ1) is 14.3. The summed E-state index contributed by atoms with van der Waals surface area (Å²) in [5.41, 5.74) is 2.67. The summed E-state index contributed by atoms with van der Waals surface area (Å²) < 4.78 is 13.3. The first-order valence-corrected chi connectivity index (χ1v) is 6.44. The van der Waals surface area contributed by atoms with E-state index in [-0.39, 0.29) is 10.9 Å². The highest BCUT2D eigenvalue weighted by molar-refractivity contribution is 6.30. The van der Waals surface area contributed by atoms with Crippen molar-refractivity contribution in [1.82, 2.24) is 0 Å². The SMILES string of the molecule is CNc1ccc(C(=O)Nc2ccc(Cl)c(F)c2)c(C)c1. The van der Waals surface area contributed by atoms with Gasteiger partial charge in [0, 0.05) is 24.0 Å². The van der Waals surface area contributed by atoms with Crippen LogP contribution < -0.4 is 10.6 Å². The number of hydrogen-bond donors (Lipinski definition) is 2. The Morgan fingerprint density at radius 3 is 2.45 bits per heavy atom. The highest BCUT2D eigenvalue weighted by Gasteiger charge is 2.10. The molecule has 0 unspecified atom stereocenters. The lowest BCUT2D eigenvalue weighted by molar-refractivity contribution is 0.102. The number of carbonyl (C=O) groups excluding carboxylic acids is 1. The average Bonchev–Trinajstić information content (AvgIpc) is 2.42. The van der Waals surface area contributed by atoms with Crippen molar-refractivity contribution in [3.05, 3.63) is 58.4 Å². The fraction of sp³-hybridized carbons (Fsp3) is 0.133. The van der Waals surface area contributed by atoms with Crippen molar-refractivity contribution in [2.24, 2.45) is 0 Å². The number of amides is 1. The van der Waals surface area contributed by atoms with Gasteiger partial charge in [0.15, 0.2) is 0 Å². The fourth-order valence-electron chi connectivity index (χ4n) is 1.85. The van der Waals surface area contributed by atoms with Gasteiger partial charge in [-0.25, -0.2) is 4.39 Å². The molecule has 1 amide bonds. The van der Waals surface area contributed by atoms with E-state index in [4.69, 9.17) is 11.6 Å². The molecule has 0 bridgehead atoms. The average molecular weight is 293 g/mol. The maximum absolute atomic E-state index is 13.3. The summed E-state index contributed by atoms with van der Waals surface area (Å²) in [6.45, 7) is 1.85. The first-order valence-electron chi connectivity index (χ1n) is 6.06. The van der Waals surface area contributed by atoms with E-state index < -0.39 is 5.82 Å². The smallest absolute Gasteiger partial charge is 0.255 e. The zero-order valence-corrected chi connectivity index (χ0v) is 11.9. The predicted octanol–water partition coefficient (Wildman–Crippen LogP) is 4.08. The molecule has 2 aromatic rings. The maximum Gasteiger partial charge on any atom is 0.255 e. The molecule has 5 heteroatoms. The van der Waals surface area contributed by atoms with E-state index in [1.807, 2.05) is 26.1 Å². The van der Waals surface area contributed by atoms with Crippen LogP contribution in [0.25, 0.3) is 0 Å². The van der Waals surface area contributed by atoms with Gasteiger partial charge in [0.1, 0.15) is 5.82 Å². The summed E-state index contributed by atoms with van der Waals surface area (Å²) in [6, 6.07) is 9.56. The predicted molar refractivity (Wildman–Crippen MR) is 80.1 cm³/mol. The van der Waals surface area contributed by atoms with E-state index in [0.717, 1.165) is 11.3 Å². The van der Waals surface area contributed by atoms with E-state index in [2.05, 4.69) is 10.6 Å². The molecular formula is C15H14ClFN2O. The molecule has 0 aliphatic rings. The molecule has 3 nitrogen and oxygen atoms in total. The van der Waals surface area contributed by atoms with Crippen LogP contribution in [0.3, 0.4) is 0 Å². The Kier molecular flexibility index (Phi) is 4.25. The number of aryl methyl sites for hydroxylation is 1. The van der Waals surface area contributed by atoms with Gasteiger partial charge in [0.05, 0.1) is 5.02 Å². The quantitative estimate of drug-likeness (QED) is 0.895. The second-order valence-corrected chi connectivity index (χ2v) is 4.77. The van der Waals surface area contributed by atoms with Crippen LogP contribution in [-0.4, -0.2) is 13.0 Å². The standard InChI is InChI=1S/C15H14ClFN2O/c1-9-7-10(18-2)3-5-12(9)15(20)19-11-4-6-13(16)14(17)8-11/h3-8,18H,1-2H3,(H,19,20). The van der Waals surface area contributed by atoms with Crippen LogP contribution in [0.15, 0.2) is 36.4 Å². The van der Waals surface area contributed by atoms with E-state index in [1.54, 1.807) is 12.1 Å². The van der Waals surface area contributed by atoms with Crippen molar-refractivity contribution in [1.29, 1.82) is 0 Å². The number of hydrogen-bond acceptors (Lipinski definition) is 2. The second-order valence-electron chi connectivity index (χ2n) is 4.36. The molecule has 0 aliphatic carbocycles. The summed E-state index contributed by atoms with van der Waals surface area (Å²) in [7, 11) is 1.81. The van der Waals surface area contributed by atoms with E-state index >= 15 is 0 Å². The zero-order chi connectivity index (χ0) is 14.7. The van der Waals surface area contributed by atoms with Crippen LogP contribution in [0.2, 0.25) is 5.02 Å². The Hall–Kier alpha value is -2.07. The highest BCUT2D eigenvalue weighted by atomic mass is 35.5. The molecule has 0 aromatic heterocycles. The Morgan fingerprint density at radius 2 is 1.85 bits per heavy atom. The summed E-state index contributed by atoms with van der Waals surface area (Å²) >= 11 is 5.60. The lowest BCUT2D eigenvalue weighted by Gasteiger charge is -2.09. The summed E-state index contributed by atoms with van der Waals surface area (Å²) in [6.07, 6.45) is 0. The molecular weight excluding hydrogens is 279 g/mol. The Bertz CT molecular complexity index is 658. The van der Waals surface area contributed by atoms with Gasteiger partial charge in [0.25, 0.3) is 5.91 Å². The van der Waals surface area contributed by atoms with E-state index in [0.29, 0.717) is 11.3 Å². The van der Waals surface area contributed by atoms with Gasteiger partial charge in [0.2, 0.25) is 0 Å². The van der Waals surface area contributed by atoms with Crippen molar-refractivity contribution < 1.29 is 9.18 Å². The van der Waals surface area contributed by atoms with Crippen LogP contribution in [0.5, 0.6) is 0 Å². The number of rotatable bonds is 3. The van der Waals surface area contributed by atoms with Crippen LogP contribution in [0, 0.1) is 12.7 Å². The lowest BCUT2D eigenvalue weighted by Crippen LogP contribution is -2.13. The molecule has 20 heavy (non-hydrogen) atoms. The molecule has 104 valence electrons. The van der Waals surface area contributed by atoms with Gasteiger partial charge in [-0.1, -0.05) is 11.6 Å². The topological polar surface area (TPSA) is 41.1 Å². The van der Waals surface area contributed by atoms with E-state index in [9.17, 15) is 9.18 Å². The summed E-state index contributed by atoms with van der Waals surface area (Å²) in [5.74, 6) is -0.849. The number of anilines is 2. The first-order chi connectivity index (χ1) is 9.51. The molecule has 0 saturated carbocycles. The minimum Gasteiger partial charge on any atom is -0.388 e. The third-order valence-corrected chi connectivity index (χ3v) is 3.24. The molecule has 0 fully saturated rings. The minimum atomic E-state index is -0.563. The largest absolute Gasteiger partial charge is 0.388 e. The van der Waals surface area contributed by atoms with Crippen molar-refractivity contribution in [3.8, 4) is 0 Å². The zero-order valence-electron chi connectivity index (χ0n) is 11.1. The van der Waals surface area contributed by atoms with Crippen molar-refractivity contribution in [3.63, 3.8) is 0 Å². The van der Waals surface area contributed by atoms with Crippen molar-refractivity contribution in [2.45, 2.75) is 6.92 Å². The molecule has 0 spiro atoms. The van der Waals surface area contributed by atoms with Crippen LogP contribution in [0.1, 0.15) is 15.9 Å². The second kappa shape index (κ2) is 5.92. The van der Waals surface area contributed by atoms with Gasteiger partial charge in [-0.3, -0.25) is 4.79 Å². The molecule has 0 heterocycles. The maximum atomic E-state index is 13.3. The van der Waals surface area contributed by atoms with Gasteiger partial charge in [-0.2, -0.15) is 0 Å². The molecule has 0 radical (unpaired) electrons. The van der Waals surface area contributed by atoms with Crippen LogP contribution in [0.4, 0.5) is 15.8 Å². The van der Waals surface area contributed by atoms with Crippen molar-refractivity contribution >= 4 is 28.9 Å². The summed E-state index contributed by atoms with van der Waals surface area (Å²) in [5, 5.41) is 5.67. The normalized spacial score (nSPS) is 10.2. The molecule has 0 aliphatic heterocycles.